The van der Waals surface area contributed by atoms with Crippen molar-refractivity contribution < 1.29 is 47.5 Å². The van der Waals surface area contributed by atoms with Crippen molar-refractivity contribution >= 4 is 21.9 Å². The number of unbranched alkanes of at least 4 members (excludes halogenated alkanes) is 1. The summed E-state index contributed by atoms with van der Waals surface area (Å²) < 4.78 is 41.1. The molecule has 2 rings (SSSR count). The van der Waals surface area contributed by atoms with Gasteiger partial charge in [0.15, 0.2) is 16.1 Å². The highest BCUT2D eigenvalue weighted by Gasteiger charge is 2.39. The highest BCUT2D eigenvalue weighted by atomic mass is 32.2. The molecule has 0 bridgehead atoms. The molecular formula is C22H33NO10S. The van der Waals surface area contributed by atoms with Crippen molar-refractivity contribution in [1.82, 2.24) is 5.32 Å². The van der Waals surface area contributed by atoms with Crippen LogP contribution in [-0.2, 0) is 35.4 Å². The van der Waals surface area contributed by atoms with Crippen molar-refractivity contribution in [2.75, 3.05) is 18.1 Å². The van der Waals surface area contributed by atoms with Crippen LogP contribution in [0.3, 0.4) is 0 Å². The van der Waals surface area contributed by atoms with Crippen LogP contribution in [-0.4, -0.2) is 84.6 Å². The van der Waals surface area contributed by atoms with Crippen molar-refractivity contribution in [2.45, 2.75) is 69.9 Å². The van der Waals surface area contributed by atoms with Gasteiger partial charge in [-0.1, -0.05) is 43.7 Å². The van der Waals surface area contributed by atoms with E-state index < -0.39 is 64.0 Å². The van der Waals surface area contributed by atoms with Crippen LogP contribution in [0.15, 0.2) is 30.3 Å². The molecule has 0 aliphatic carbocycles. The molecule has 11 nitrogen and oxygen atoms in total. The Hall–Kier alpha value is -2.25. The number of rotatable bonds is 13. The Morgan fingerprint density at radius 2 is 1.94 bits per heavy atom. The van der Waals surface area contributed by atoms with Crippen LogP contribution in [0, 0.1) is 0 Å². The fraction of sp³-hybridized carbons (Fsp3) is 0.636. The lowest BCUT2D eigenvalue weighted by Gasteiger charge is -2.36. The molecule has 1 heterocycles. The minimum Gasteiger partial charge on any atom is -0.480 e. The van der Waals surface area contributed by atoms with Gasteiger partial charge in [0.05, 0.1) is 23.7 Å². The number of ether oxygens (including phenoxy) is 3. The number of nitrogens with one attached hydrogen (secondary N) is 1. The van der Waals surface area contributed by atoms with Gasteiger partial charge >= 0.3 is 12.1 Å². The molecule has 1 fully saturated rings. The zero-order valence-electron chi connectivity index (χ0n) is 19.0. The van der Waals surface area contributed by atoms with E-state index in [1.807, 2.05) is 6.92 Å². The lowest BCUT2D eigenvalue weighted by molar-refractivity contribution is -0.262. The van der Waals surface area contributed by atoms with Crippen LogP contribution in [0.4, 0.5) is 4.79 Å². The lowest BCUT2D eigenvalue weighted by Crippen LogP contribution is -2.51. The van der Waals surface area contributed by atoms with Gasteiger partial charge in [0.2, 0.25) is 0 Å². The second-order valence-corrected chi connectivity index (χ2v) is 10.4. The molecule has 4 N–H and O–H groups in total. The van der Waals surface area contributed by atoms with Crippen LogP contribution in [0.25, 0.3) is 0 Å². The van der Waals surface area contributed by atoms with E-state index in [9.17, 15) is 33.3 Å². The van der Waals surface area contributed by atoms with Gasteiger partial charge in [-0.05, 0) is 18.4 Å². The number of benzene rings is 1. The summed E-state index contributed by atoms with van der Waals surface area (Å²) in [5, 5.41) is 31.6. The van der Waals surface area contributed by atoms with Crippen LogP contribution < -0.4 is 5.32 Å². The predicted molar refractivity (Wildman–Crippen MR) is 121 cm³/mol. The number of hydrogen-bond acceptors (Lipinski definition) is 9. The molecule has 12 heteroatoms. The number of aliphatic carboxylic acids is 1. The van der Waals surface area contributed by atoms with Crippen LogP contribution >= 0.6 is 0 Å². The molecule has 1 aromatic carbocycles. The van der Waals surface area contributed by atoms with E-state index in [4.69, 9.17) is 14.2 Å². The maximum Gasteiger partial charge on any atom is 0.408 e. The first-order chi connectivity index (χ1) is 16.1. The molecule has 34 heavy (non-hydrogen) atoms. The maximum absolute atomic E-state index is 12.6. The zero-order valence-corrected chi connectivity index (χ0v) is 19.9. The van der Waals surface area contributed by atoms with Gasteiger partial charge in [-0.3, -0.25) is 0 Å². The Kier molecular flexibility index (Phi) is 11.2. The molecular weight excluding hydrogens is 470 g/mol. The first kappa shape index (κ1) is 28.0. The molecule has 0 radical (unpaired) electrons. The van der Waals surface area contributed by atoms with E-state index in [2.05, 4.69) is 5.32 Å². The van der Waals surface area contributed by atoms with Gasteiger partial charge in [0.1, 0.15) is 18.8 Å². The van der Waals surface area contributed by atoms with Gasteiger partial charge in [0.25, 0.3) is 0 Å². The fourth-order valence-corrected chi connectivity index (χ4v) is 4.88. The number of sulfone groups is 1. The molecule has 1 aromatic rings. The van der Waals surface area contributed by atoms with Crippen LogP contribution in [0.2, 0.25) is 0 Å². The summed E-state index contributed by atoms with van der Waals surface area (Å²) in [7, 11) is -3.82. The van der Waals surface area contributed by atoms with Gasteiger partial charge < -0.3 is 34.8 Å². The average Bonchev–Trinajstić information content (AvgIpc) is 2.78. The number of carboxylic acids is 1. The molecule has 5 unspecified atom stereocenters. The summed E-state index contributed by atoms with van der Waals surface area (Å²) in [4.78, 5) is 23.4. The van der Waals surface area contributed by atoms with Crippen LogP contribution in [0.1, 0.15) is 38.2 Å². The molecule has 1 saturated heterocycles. The smallest absolute Gasteiger partial charge is 0.408 e. The van der Waals surface area contributed by atoms with Crippen molar-refractivity contribution in [1.29, 1.82) is 0 Å². The summed E-state index contributed by atoms with van der Waals surface area (Å²) in [6.45, 7) is 2.18. The largest absolute Gasteiger partial charge is 0.480 e. The number of hydrogen-bond donors (Lipinski definition) is 4. The van der Waals surface area contributed by atoms with E-state index in [1.165, 1.54) is 0 Å². The Morgan fingerprint density at radius 1 is 1.24 bits per heavy atom. The molecule has 192 valence electrons. The molecule has 1 aliphatic rings. The number of amides is 1. The minimum absolute atomic E-state index is 0.0635. The quantitative estimate of drug-likeness (QED) is 0.283. The number of alkyl carbamates (subject to hydrolysis) is 1. The highest BCUT2D eigenvalue weighted by molar-refractivity contribution is 7.91. The second kappa shape index (κ2) is 13.6. The van der Waals surface area contributed by atoms with Gasteiger partial charge in [-0.15, -0.1) is 0 Å². The number of carbonyl (C=O) groups is 2. The first-order valence-electron chi connectivity index (χ1n) is 11.1. The monoisotopic (exact) mass is 503 g/mol. The molecule has 0 saturated carbocycles. The van der Waals surface area contributed by atoms with Gasteiger partial charge in [0, 0.05) is 13.0 Å². The zero-order chi connectivity index (χ0) is 25.1. The van der Waals surface area contributed by atoms with Crippen molar-refractivity contribution in [3.8, 4) is 0 Å². The normalized spacial score (nSPS) is 23.7. The molecule has 0 spiro atoms. The molecule has 5 atom stereocenters. The summed E-state index contributed by atoms with van der Waals surface area (Å²) >= 11 is 0. The maximum atomic E-state index is 12.6. The van der Waals surface area contributed by atoms with E-state index in [-0.39, 0.29) is 26.1 Å². The molecule has 0 aromatic heterocycles. The van der Waals surface area contributed by atoms with Crippen molar-refractivity contribution in [3.05, 3.63) is 35.9 Å². The van der Waals surface area contributed by atoms with Gasteiger partial charge in [-0.25, -0.2) is 18.0 Å². The Labute approximate surface area is 198 Å². The Bertz CT molecular complexity index is 879. The number of carboxylic acid groups (broad SMARTS) is 1. The van der Waals surface area contributed by atoms with E-state index in [0.29, 0.717) is 12.0 Å². The van der Waals surface area contributed by atoms with E-state index in [1.54, 1.807) is 30.3 Å². The number of aliphatic hydroxyl groups is 2. The highest BCUT2D eigenvalue weighted by Crippen LogP contribution is 2.23. The van der Waals surface area contributed by atoms with Crippen molar-refractivity contribution in [2.24, 2.45) is 0 Å². The second-order valence-electron chi connectivity index (χ2n) is 8.14. The summed E-state index contributed by atoms with van der Waals surface area (Å²) in [6.07, 6.45) is -4.50. The standard InChI is InChI=1S/C22H33NO10S/c1-2-3-10-31-21-19(25)18(24)12-16(33-21)14-34(29,30)11-9-17(20(26)27)23-22(28)32-13-15-7-5-4-6-8-15/h4-8,16-19,21,24-25H,2-3,9-14H2,1H3,(H,23,28)(H,26,27). The summed E-state index contributed by atoms with van der Waals surface area (Å²) in [5.41, 5.74) is 0.712. The minimum atomic E-state index is -3.82. The Morgan fingerprint density at radius 3 is 2.59 bits per heavy atom. The number of aliphatic hydroxyl groups excluding tert-OH is 2. The lowest BCUT2D eigenvalue weighted by atomic mass is 10.0. The molecule has 1 amide bonds. The first-order valence-corrected chi connectivity index (χ1v) is 13.0. The number of carbonyl (C=O) groups excluding carboxylic acids is 1. The summed E-state index contributed by atoms with van der Waals surface area (Å²) in [5.74, 6) is -2.43. The van der Waals surface area contributed by atoms with E-state index >= 15 is 0 Å². The van der Waals surface area contributed by atoms with Crippen molar-refractivity contribution in [3.63, 3.8) is 0 Å². The molecule has 1 aliphatic heterocycles. The third kappa shape index (κ3) is 9.55. The topological polar surface area (TPSA) is 169 Å². The van der Waals surface area contributed by atoms with Crippen LogP contribution in [0.5, 0.6) is 0 Å². The SMILES string of the molecule is CCCCOC1OC(CS(=O)(=O)CCC(NC(=O)OCc2ccccc2)C(=O)O)CC(O)C1O. The Balaban J connectivity index is 1.85. The fourth-order valence-electron chi connectivity index (χ4n) is 3.33. The third-order valence-corrected chi connectivity index (χ3v) is 6.98. The summed E-state index contributed by atoms with van der Waals surface area (Å²) in [6, 6.07) is 7.32. The predicted octanol–water partition coefficient (Wildman–Crippen LogP) is 0.824. The van der Waals surface area contributed by atoms with Gasteiger partial charge in [-0.2, -0.15) is 0 Å². The average molecular weight is 504 g/mol. The third-order valence-electron chi connectivity index (χ3n) is 5.24. The van der Waals surface area contributed by atoms with E-state index in [0.717, 1.165) is 6.42 Å².